The Morgan fingerprint density at radius 3 is 2.64 bits per heavy atom. The zero-order chi connectivity index (χ0) is 27.9. The van der Waals surface area contributed by atoms with Crippen molar-refractivity contribution in [2.75, 3.05) is 27.6 Å². The number of fused-ring (bicyclic) bond motifs is 3. The molecule has 1 spiro atoms. The second-order valence-electron chi connectivity index (χ2n) is 11.3. The molecule has 1 aromatic carbocycles. The SMILES string of the molecule is COC(=O)C[C@](O)(CCCC(C)C)C(=O)O[C@@H]1C(OC)=C[C@]23CCC(=O)N2CCc2cc4c(cc2[C@H]13)OCO4. The molecule has 0 radical (unpaired) electrons. The Morgan fingerprint density at radius 2 is 1.95 bits per heavy atom. The highest BCUT2D eigenvalue weighted by atomic mass is 16.7. The van der Waals surface area contributed by atoms with E-state index < -0.39 is 41.5 Å². The van der Waals surface area contributed by atoms with Gasteiger partial charge in [0.25, 0.3) is 0 Å². The fourth-order valence-corrected chi connectivity index (χ4v) is 6.53. The first-order valence-corrected chi connectivity index (χ1v) is 13.6. The number of esters is 2. The molecule has 0 bridgehead atoms. The number of hydrogen-bond acceptors (Lipinski definition) is 9. The molecule has 1 saturated heterocycles. The van der Waals surface area contributed by atoms with Gasteiger partial charge in [-0.25, -0.2) is 4.79 Å². The second kappa shape index (κ2) is 10.4. The van der Waals surface area contributed by atoms with Crippen molar-refractivity contribution in [3.05, 3.63) is 35.1 Å². The molecule has 1 aliphatic carbocycles. The molecule has 39 heavy (non-hydrogen) atoms. The van der Waals surface area contributed by atoms with Crippen molar-refractivity contribution in [2.45, 2.75) is 82.0 Å². The lowest BCUT2D eigenvalue weighted by Crippen LogP contribution is -2.50. The van der Waals surface area contributed by atoms with Gasteiger partial charge >= 0.3 is 11.9 Å². The molecule has 10 heteroatoms. The Bertz CT molecular complexity index is 1190. The van der Waals surface area contributed by atoms with E-state index in [1.165, 1.54) is 14.2 Å². The molecule has 0 saturated carbocycles. The van der Waals surface area contributed by atoms with Crippen molar-refractivity contribution < 1.29 is 43.2 Å². The van der Waals surface area contributed by atoms with Gasteiger partial charge in [-0.05, 0) is 60.9 Å². The molecule has 212 valence electrons. The van der Waals surface area contributed by atoms with Gasteiger partial charge in [0.2, 0.25) is 12.7 Å². The van der Waals surface area contributed by atoms with Gasteiger partial charge in [0.15, 0.2) is 23.2 Å². The summed E-state index contributed by atoms with van der Waals surface area (Å²) in [5, 5.41) is 11.5. The number of hydrogen-bond donors (Lipinski definition) is 1. The average molecular weight is 544 g/mol. The number of aliphatic hydroxyl groups is 1. The van der Waals surface area contributed by atoms with Gasteiger partial charge in [-0.15, -0.1) is 0 Å². The molecular formula is C29H37NO9. The molecular weight excluding hydrogens is 506 g/mol. The van der Waals surface area contributed by atoms with Crippen LogP contribution in [0.25, 0.3) is 0 Å². The van der Waals surface area contributed by atoms with Gasteiger partial charge < -0.3 is 33.7 Å². The summed E-state index contributed by atoms with van der Waals surface area (Å²) in [5.74, 6) is -0.0822. The quantitative estimate of drug-likeness (QED) is 0.469. The van der Waals surface area contributed by atoms with Crippen LogP contribution in [0.4, 0.5) is 0 Å². The van der Waals surface area contributed by atoms with Crippen molar-refractivity contribution in [1.29, 1.82) is 0 Å². The maximum Gasteiger partial charge on any atom is 0.339 e. The van der Waals surface area contributed by atoms with Crippen LogP contribution in [0.3, 0.4) is 0 Å². The maximum atomic E-state index is 13.7. The zero-order valence-electron chi connectivity index (χ0n) is 23.0. The number of carbonyl (C=O) groups is 3. The monoisotopic (exact) mass is 543 g/mol. The van der Waals surface area contributed by atoms with Crippen LogP contribution in [-0.2, 0) is 35.0 Å². The smallest absolute Gasteiger partial charge is 0.339 e. The highest BCUT2D eigenvalue weighted by Gasteiger charge is 2.61. The van der Waals surface area contributed by atoms with Crippen molar-refractivity contribution >= 4 is 17.8 Å². The number of methoxy groups -OCH3 is 2. The van der Waals surface area contributed by atoms with Gasteiger partial charge in [0.1, 0.15) is 5.76 Å². The largest absolute Gasteiger partial charge is 0.497 e. The van der Waals surface area contributed by atoms with Gasteiger partial charge in [-0.2, -0.15) is 0 Å². The van der Waals surface area contributed by atoms with Crippen molar-refractivity contribution in [3.63, 3.8) is 0 Å². The van der Waals surface area contributed by atoms with Crippen LogP contribution in [0.2, 0.25) is 0 Å². The first-order valence-electron chi connectivity index (χ1n) is 13.6. The first-order chi connectivity index (χ1) is 18.6. The van der Waals surface area contributed by atoms with Crippen LogP contribution in [0.15, 0.2) is 24.0 Å². The molecule has 3 heterocycles. The summed E-state index contributed by atoms with van der Waals surface area (Å²) in [6.45, 7) is 4.72. The highest BCUT2D eigenvalue weighted by Crippen LogP contribution is 2.56. The molecule has 4 aliphatic rings. The van der Waals surface area contributed by atoms with Crippen LogP contribution in [-0.4, -0.2) is 72.7 Å². The molecule has 0 aromatic heterocycles. The summed E-state index contributed by atoms with van der Waals surface area (Å²) in [5.41, 5.74) is -0.970. The van der Waals surface area contributed by atoms with Crippen LogP contribution in [0.1, 0.15) is 69.4 Å². The summed E-state index contributed by atoms with van der Waals surface area (Å²) in [6.07, 6.45) is 3.31. The summed E-state index contributed by atoms with van der Waals surface area (Å²) in [6, 6.07) is 3.84. The third kappa shape index (κ3) is 4.73. The van der Waals surface area contributed by atoms with E-state index in [0.717, 1.165) is 17.5 Å². The molecule has 10 nitrogen and oxygen atoms in total. The third-order valence-electron chi connectivity index (χ3n) is 8.52. The van der Waals surface area contributed by atoms with E-state index in [2.05, 4.69) is 13.8 Å². The van der Waals surface area contributed by atoms with Gasteiger partial charge in [0, 0.05) is 13.0 Å². The van der Waals surface area contributed by atoms with E-state index in [4.69, 9.17) is 23.7 Å². The minimum absolute atomic E-state index is 0.0300. The predicted octanol–water partition coefficient (Wildman–Crippen LogP) is 2.99. The Morgan fingerprint density at radius 1 is 1.21 bits per heavy atom. The van der Waals surface area contributed by atoms with Crippen LogP contribution >= 0.6 is 0 Å². The van der Waals surface area contributed by atoms with E-state index in [0.29, 0.717) is 55.4 Å². The normalized spacial score (nSPS) is 26.3. The molecule has 1 N–H and O–H groups in total. The highest BCUT2D eigenvalue weighted by molar-refractivity contribution is 5.86. The Hall–Kier alpha value is -3.27. The van der Waals surface area contributed by atoms with Crippen LogP contribution in [0.5, 0.6) is 11.5 Å². The molecule has 1 aromatic rings. The molecule has 1 fully saturated rings. The first kappa shape index (κ1) is 27.3. The number of carbonyl (C=O) groups excluding carboxylic acids is 3. The maximum absolute atomic E-state index is 13.7. The fourth-order valence-electron chi connectivity index (χ4n) is 6.53. The van der Waals surface area contributed by atoms with E-state index in [1.807, 2.05) is 23.1 Å². The molecule has 3 aliphatic heterocycles. The van der Waals surface area contributed by atoms with Crippen molar-refractivity contribution in [3.8, 4) is 11.5 Å². The molecule has 4 atom stereocenters. The third-order valence-corrected chi connectivity index (χ3v) is 8.52. The Balaban J connectivity index is 1.53. The lowest BCUT2D eigenvalue weighted by molar-refractivity contribution is -0.178. The minimum atomic E-state index is -2.07. The predicted molar refractivity (Wildman–Crippen MR) is 138 cm³/mol. The zero-order valence-corrected chi connectivity index (χ0v) is 23.0. The van der Waals surface area contributed by atoms with Gasteiger partial charge in [0.05, 0.1) is 32.1 Å². The summed E-state index contributed by atoms with van der Waals surface area (Å²) in [7, 11) is 2.71. The topological polar surface area (TPSA) is 121 Å². The van der Waals surface area contributed by atoms with E-state index in [9.17, 15) is 19.5 Å². The number of nitrogens with zero attached hydrogens (tertiary/aromatic N) is 1. The summed E-state index contributed by atoms with van der Waals surface area (Å²) in [4.78, 5) is 40.9. The van der Waals surface area contributed by atoms with Crippen LogP contribution in [0, 0.1) is 5.92 Å². The number of rotatable bonds is 9. The lowest BCUT2D eigenvalue weighted by atomic mass is 9.77. The fraction of sp³-hybridized carbons (Fsp3) is 0.621. The minimum Gasteiger partial charge on any atom is -0.497 e. The van der Waals surface area contributed by atoms with E-state index in [1.54, 1.807) is 0 Å². The summed E-state index contributed by atoms with van der Waals surface area (Å²) < 4.78 is 27.9. The average Bonchev–Trinajstić information content (AvgIpc) is 3.55. The Labute approximate surface area is 228 Å². The van der Waals surface area contributed by atoms with Crippen molar-refractivity contribution in [2.24, 2.45) is 5.92 Å². The number of benzene rings is 1. The van der Waals surface area contributed by atoms with Gasteiger partial charge in [-0.3, -0.25) is 9.59 Å². The second-order valence-corrected chi connectivity index (χ2v) is 11.3. The molecule has 1 amide bonds. The molecule has 5 rings (SSSR count). The van der Waals surface area contributed by atoms with E-state index in [-0.39, 0.29) is 19.1 Å². The van der Waals surface area contributed by atoms with Gasteiger partial charge in [-0.1, -0.05) is 20.3 Å². The van der Waals surface area contributed by atoms with E-state index >= 15 is 0 Å². The van der Waals surface area contributed by atoms with Crippen LogP contribution < -0.4 is 9.47 Å². The standard InChI is InChI=1S/C29H37NO9/c1-17(2)6-5-9-29(34,15-24(32)36-4)27(33)39-26-22(35-3)14-28-10-7-23(31)30(28)11-8-18-12-20-21(38-16-37-20)13-19(18)25(26)28/h12-14,17,25-26,34H,5-11,15-16H2,1-4H3/t25-,26-,28+,29-/m1/s1. The van der Waals surface area contributed by atoms with Crippen molar-refractivity contribution in [1.82, 2.24) is 4.90 Å². The molecule has 0 unspecified atom stereocenters. The number of amides is 1. The Kier molecular flexibility index (Phi) is 7.26. The lowest BCUT2D eigenvalue weighted by Gasteiger charge is -2.39. The summed E-state index contributed by atoms with van der Waals surface area (Å²) >= 11 is 0. The number of ether oxygens (including phenoxy) is 5.